The van der Waals surface area contributed by atoms with Gasteiger partial charge in [-0.05, 0) is 46.7 Å². The predicted molar refractivity (Wildman–Crippen MR) is 80.3 cm³/mol. The summed E-state index contributed by atoms with van der Waals surface area (Å²) in [6, 6.07) is 0. The standard InChI is InChI=1S/C15H29N3O2/c1-12-6-9-18(10-7-12)14(20)15(2,3)13(19)16-8-11-17(4)5/h12H,6-11H2,1-5H3,(H,16,19). The zero-order valence-corrected chi connectivity index (χ0v) is 13.5. The van der Waals surface area contributed by atoms with Crippen LogP contribution in [0.1, 0.15) is 33.6 Å². The molecule has 0 radical (unpaired) electrons. The molecule has 0 aromatic carbocycles. The largest absolute Gasteiger partial charge is 0.354 e. The van der Waals surface area contributed by atoms with E-state index in [9.17, 15) is 9.59 Å². The van der Waals surface area contributed by atoms with Gasteiger partial charge in [0.2, 0.25) is 11.8 Å². The van der Waals surface area contributed by atoms with E-state index < -0.39 is 5.41 Å². The van der Waals surface area contributed by atoms with Gasteiger partial charge in [0.05, 0.1) is 0 Å². The molecule has 1 N–H and O–H groups in total. The van der Waals surface area contributed by atoms with Gasteiger partial charge in [-0.1, -0.05) is 6.92 Å². The number of carbonyl (C=O) groups is 2. The Morgan fingerprint density at radius 1 is 1.25 bits per heavy atom. The second kappa shape index (κ2) is 7.07. The molecule has 0 aromatic rings. The zero-order chi connectivity index (χ0) is 15.3. The summed E-state index contributed by atoms with van der Waals surface area (Å²) in [5, 5.41) is 2.85. The molecule has 0 unspecified atom stereocenters. The van der Waals surface area contributed by atoms with Gasteiger partial charge < -0.3 is 15.1 Å². The third-order valence-corrected chi connectivity index (χ3v) is 4.02. The average Bonchev–Trinajstić information content (AvgIpc) is 2.38. The first-order valence-electron chi connectivity index (χ1n) is 7.47. The van der Waals surface area contributed by atoms with E-state index in [1.54, 1.807) is 13.8 Å². The Morgan fingerprint density at radius 3 is 2.30 bits per heavy atom. The van der Waals surface area contributed by atoms with Crippen molar-refractivity contribution in [3.8, 4) is 0 Å². The molecule has 0 aromatic heterocycles. The highest BCUT2D eigenvalue weighted by Gasteiger charge is 2.39. The molecule has 5 nitrogen and oxygen atoms in total. The number of piperidine rings is 1. The summed E-state index contributed by atoms with van der Waals surface area (Å²) >= 11 is 0. The molecule has 0 spiro atoms. The molecular weight excluding hydrogens is 254 g/mol. The van der Waals surface area contributed by atoms with Crippen LogP contribution in [0.3, 0.4) is 0 Å². The molecule has 0 atom stereocenters. The number of likely N-dealkylation sites (N-methyl/N-ethyl adjacent to an activating group) is 1. The van der Waals surface area contributed by atoms with E-state index in [4.69, 9.17) is 0 Å². The fraction of sp³-hybridized carbons (Fsp3) is 0.867. The molecular formula is C15H29N3O2. The Balaban J connectivity index is 2.53. The number of likely N-dealkylation sites (tertiary alicyclic amines) is 1. The van der Waals surface area contributed by atoms with Crippen LogP contribution in [0.4, 0.5) is 0 Å². The van der Waals surface area contributed by atoms with Crippen LogP contribution in [0.15, 0.2) is 0 Å². The van der Waals surface area contributed by atoms with Crippen molar-refractivity contribution in [1.29, 1.82) is 0 Å². The first-order chi connectivity index (χ1) is 9.25. The molecule has 20 heavy (non-hydrogen) atoms. The number of hydrogen-bond acceptors (Lipinski definition) is 3. The van der Waals surface area contributed by atoms with Gasteiger partial charge in [-0.15, -0.1) is 0 Å². The summed E-state index contributed by atoms with van der Waals surface area (Å²) < 4.78 is 0. The lowest BCUT2D eigenvalue weighted by Crippen LogP contribution is -2.52. The minimum atomic E-state index is -0.979. The highest BCUT2D eigenvalue weighted by Crippen LogP contribution is 2.24. The molecule has 1 aliphatic heterocycles. The minimum absolute atomic E-state index is 0.0493. The van der Waals surface area contributed by atoms with Crippen molar-refractivity contribution in [2.75, 3.05) is 40.3 Å². The highest BCUT2D eigenvalue weighted by atomic mass is 16.2. The van der Waals surface area contributed by atoms with E-state index in [0.717, 1.165) is 32.5 Å². The van der Waals surface area contributed by atoms with E-state index in [2.05, 4.69) is 12.2 Å². The number of rotatable bonds is 5. The minimum Gasteiger partial charge on any atom is -0.354 e. The third-order valence-electron chi connectivity index (χ3n) is 4.02. The Hall–Kier alpha value is -1.10. The van der Waals surface area contributed by atoms with Crippen LogP contribution in [0.2, 0.25) is 0 Å². The van der Waals surface area contributed by atoms with Crippen molar-refractivity contribution in [3.05, 3.63) is 0 Å². The van der Waals surface area contributed by atoms with Gasteiger partial charge in [-0.25, -0.2) is 0 Å². The molecule has 1 aliphatic rings. The van der Waals surface area contributed by atoms with E-state index in [0.29, 0.717) is 12.5 Å². The van der Waals surface area contributed by atoms with Gasteiger partial charge >= 0.3 is 0 Å². The Kier molecular flexibility index (Phi) is 5.99. The normalized spacial score (nSPS) is 17.4. The molecule has 5 heteroatoms. The van der Waals surface area contributed by atoms with E-state index in [1.807, 2.05) is 23.9 Å². The van der Waals surface area contributed by atoms with Gasteiger partial charge in [0.15, 0.2) is 0 Å². The monoisotopic (exact) mass is 283 g/mol. The SMILES string of the molecule is CC1CCN(C(=O)C(C)(C)C(=O)NCCN(C)C)CC1. The number of nitrogens with one attached hydrogen (secondary N) is 1. The lowest BCUT2D eigenvalue weighted by atomic mass is 9.88. The van der Waals surface area contributed by atoms with Gasteiger partial charge in [-0.3, -0.25) is 9.59 Å². The summed E-state index contributed by atoms with van der Waals surface area (Å²) in [6.45, 7) is 8.54. The van der Waals surface area contributed by atoms with E-state index in [-0.39, 0.29) is 11.8 Å². The van der Waals surface area contributed by atoms with Crippen LogP contribution in [0.5, 0.6) is 0 Å². The first kappa shape index (κ1) is 17.0. The molecule has 2 amide bonds. The van der Waals surface area contributed by atoms with Crippen molar-refractivity contribution >= 4 is 11.8 Å². The maximum atomic E-state index is 12.5. The molecule has 116 valence electrons. The topological polar surface area (TPSA) is 52.7 Å². The van der Waals surface area contributed by atoms with Gasteiger partial charge in [0.1, 0.15) is 5.41 Å². The van der Waals surface area contributed by atoms with Crippen LogP contribution in [-0.2, 0) is 9.59 Å². The fourth-order valence-corrected chi connectivity index (χ4v) is 2.32. The second-order valence-electron chi connectivity index (χ2n) is 6.66. The summed E-state index contributed by atoms with van der Waals surface area (Å²) in [5.74, 6) is 0.450. The van der Waals surface area contributed by atoms with Crippen LogP contribution in [0.25, 0.3) is 0 Å². The Bertz CT molecular complexity index is 345. The van der Waals surface area contributed by atoms with Crippen molar-refractivity contribution in [3.63, 3.8) is 0 Å². The quantitative estimate of drug-likeness (QED) is 0.764. The maximum Gasteiger partial charge on any atom is 0.237 e. The molecule has 1 rings (SSSR count). The molecule has 0 saturated carbocycles. The summed E-state index contributed by atoms with van der Waals surface area (Å²) in [6.07, 6.45) is 2.06. The zero-order valence-electron chi connectivity index (χ0n) is 13.5. The Labute approximate surface area is 122 Å². The molecule has 1 saturated heterocycles. The molecule has 0 aliphatic carbocycles. The van der Waals surface area contributed by atoms with Crippen LogP contribution >= 0.6 is 0 Å². The molecule has 0 bridgehead atoms. The highest BCUT2D eigenvalue weighted by molar-refractivity contribution is 6.04. The smallest absolute Gasteiger partial charge is 0.237 e. The van der Waals surface area contributed by atoms with Crippen LogP contribution < -0.4 is 5.32 Å². The molecule has 1 fully saturated rings. The number of nitrogens with zero attached hydrogens (tertiary/aromatic N) is 2. The van der Waals surface area contributed by atoms with Crippen molar-refractivity contribution in [2.24, 2.45) is 11.3 Å². The van der Waals surface area contributed by atoms with E-state index in [1.165, 1.54) is 0 Å². The second-order valence-corrected chi connectivity index (χ2v) is 6.66. The van der Waals surface area contributed by atoms with Crippen LogP contribution in [-0.4, -0.2) is 61.9 Å². The van der Waals surface area contributed by atoms with E-state index >= 15 is 0 Å². The number of amides is 2. The van der Waals surface area contributed by atoms with Crippen LogP contribution in [0, 0.1) is 11.3 Å². The predicted octanol–water partition coefficient (Wildman–Crippen LogP) is 0.949. The van der Waals surface area contributed by atoms with Crippen molar-refractivity contribution in [2.45, 2.75) is 33.6 Å². The lowest BCUT2D eigenvalue weighted by molar-refractivity contribution is -0.149. The lowest BCUT2D eigenvalue weighted by Gasteiger charge is -2.35. The maximum absolute atomic E-state index is 12.5. The van der Waals surface area contributed by atoms with Crippen molar-refractivity contribution in [1.82, 2.24) is 15.1 Å². The summed E-state index contributed by atoms with van der Waals surface area (Å²) in [4.78, 5) is 28.6. The third kappa shape index (κ3) is 4.47. The average molecular weight is 283 g/mol. The van der Waals surface area contributed by atoms with Gasteiger partial charge in [0, 0.05) is 26.2 Å². The summed E-state index contributed by atoms with van der Waals surface area (Å²) in [5.41, 5.74) is -0.979. The van der Waals surface area contributed by atoms with Crippen molar-refractivity contribution < 1.29 is 9.59 Å². The van der Waals surface area contributed by atoms with Gasteiger partial charge in [0.25, 0.3) is 0 Å². The summed E-state index contributed by atoms with van der Waals surface area (Å²) in [7, 11) is 3.91. The number of carbonyl (C=O) groups excluding carboxylic acids is 2. The number of hydrogen-bond donors (Lipinski definition) is 1. The first-order valence-corrected chi connectivity index (χ1v) is 7.47. The Morgan fingerprint density at radius 2 is 1.80 bits per heavy atom. The fourth-order valence-electron chi connectivity index (χ4n) is 2.32. The molecule has 1 heterocycles. The van der Waals surface area contributed by atoms with Gasteiger partial charge in [-0.2, -0.15) is 0 Å².